The summed E-state index contributed by atoms with van der Waals surface area (Å²) in [5.74, 6) is 1.69. The maximum absolute atomic E-state index is 11.0. The molecule has 0 aliphatic rings. The van der Waals surface area contributed by atoms with Crippen molar-refractivity contribution < 1.29 is 14.1 Å². The van der Waals surface area contributed by atoms with Gasteiger partial charge >= 0.3 is 0 Å². The molecule has 2 aromatic rings. The largest absolute Gasteiger partial charge is 0.491 e. The molecule has 21 heavy (non-hydrogen) atoms. The monoisotopic (exact) mass is 291 g/mol. The first kappa shape index (κ1) is 14.8. The van der Waals surface area contributed by atoms with E-state index in [9.17, 15) is 10.1 Å². The molecule has 112 valence electrons. The Morgan fingerprint density at radius 1 is 1.43 bits per heavy atom. The second-order valence-electron chi connectivity index (χ2n) is 4.86. The minimum Gasteiger partial charge on any atom is -0.491 e. The van der Waals surface area contributed by atoms with Crippen LogP contribution in [0.4, 0.5) is 11.4 Å². The van der Waals surface area contributed by atoms with E-state index < -0.39 is 4.92 Å². The Hall–Kier alpha value is -2.57. The fourth-order valence-electron chi connectivity index (χ4n) is 1.79. The van der Waals surface area contributed by atoms with E-state index in [0.717, 1.165) is 5.76 Å². The van der Waals surface area contributed by atoms with Crippen LogP contribution in [0.2, 0.25) is 0 Å². The molecule has 0 amide bonds. The molecule has 0 radical (unpaired) electrons. The van der Waals surface area contributed by atoms with Crippen LogP contribution in [0.15, 0.2) is 28.8 Å². The average molecular weight is 291 g/mol. The van der Waals surface area contributed by atoms with E-state index in [1.54, 1.807) is 19.2 Å². The van der Waals surface area contributed by atoms with Crippen molar-refractivity contribution in [1.29, 1.82) is 0 Å². The number of non-ortho nitro benzene ring substituents is 1. The number of anilines is 1. The molecule has 0 unspecified atom stereocenters. The molecule has 7 nitrogen and oxygen atoms in total. The maximum Gasteiger partial charge on any atom is 0.275 e. The fourth-order valence-corrected chi connectivity index (χ4v) is 1.79. The molecule has 2 rings (SSSR count). The van der Waals surface area contributed by atoms with E-state index in [2.05, 4.69) is 10.3 Å². The van der Waals surface area contributed by atoms with Crippen molar-refractivity contribution in [2.75, 3.05) is 5.32 Å². The van der Waals surface area contributed by atoms with Crippen molar-refractivity contribution in [1.82, 2.24) is 4.98 Å². The zero-order chi connectivity index (χ0) is 15.4. The molecule has 0 fully saturated rings. The molecule has 0 bridgehead atoms. The number of nitro groups is 1. The molecular weight excluding hydrogens is 274 g/mol. The van der Waals surface area contributed by atoms with Gasteiger partial charge in [-0.15, -0.1) is 0 Å². The number of hydrogen-bond acceptors (Lipinski definition) is 6. The first-order valence-corrected chi connectivity index (χ1v) is 6.55. The van der Waals surface area contributed by atoms with Gasteiger partial charge in [-0.1, -0.05) is 0 Å². The van der Waals surface area contributed by atoms with Crippen LogP contribution in [0, 0.1) is 17.0 Å². The lowest BCUT2D eigenvalue weighted by molar-refractivity contribution is -0.384. The molecule has 0 spiro atoms. The summed E-state index contributed by atoms with van der Waals surface area (Å²) in [5, 5.41) is 14.0. The Balaban J connectivity index is 2.16. The van der Waals surface area contributed by atoms with Crippen LogP contribution >= 0.6 is 0 Å². The lowest BCUT2D eigenvalue weighted by Gasteiger charge is -2.11. The van der Waals surface area contributed by atoms with Crippen LogP contribution in [0.1, 0.15) is 25.5 Å². The molecule has 1 N–H and O–H groups in total. The topological polar surface area (TPSA) is 90.4 Å². The van der Waals surface area contributed by atoms with Crippen LogP contribution in [0.25, 0.3) is 0 Å². The van der Waals surface area contributed by atoms with Gasteiger partial charge in [-0.05, 0) is 20.8 Å². The van der Waals surface area contributed by atoms with Gasteiger partial charge in [-0.2, -0.15) is 0 Å². The molecule has 1 heterocycles. The van der Waals surface area contributed by atoms with E-state index in [4.69, 9.17) is 9.15 Å². The maximum atomic E-state index is 11.0. The molecular formula is C14H17N3O4. The van der Waals surface area contributed by atoms with Gasteiger partial charge in [0.2, 0.25) is 5.89 Å². The van der Waals surface area contributed by atoms with Gasteiger partial charge < -0.3 is 14.5 Å². The fraction of sp³-hybridized carbons (Fsp3) is 0.357. The van der Waals surface area contributed by atoms with Crippen molar-refractivity contribution in [3.05, 3.63) is 46.2 Å². The van der Waals surface area contributed by atoms with Crippen LogP contribution < -0.4 is 10.1 Å². The first-order valence-electron chi connectivity index (χ1n) is 6.55. The van der Waals surface area contributed by atoms with E-state index in [1.807, 2.05) is 13.8 Å². The number of nitrogens with one attached hydrogen (secondary N) is 1. The number of oxazole rings is 1. The minimum absolute atomic E-state index is 0.0285. The predicted molar refractivity (Wildman–Crippen MR) is 77.4 cm³/mol. The average Bonchev–Trinajstić information content (AvgIpc) is 2.81. The Kier molecular flexibility index (Phi) is 4.42. The normalized spacial score (nSPS) is 10.7. The Labute approximate surface area is 122 Å². The van der Waals surface area contributed by atoms with Crippen molar-refractivity contribution in [2.24, 2.45) is 0 Å². The Morgan fingerprint density at radius 3 is 2.76 bits per heavy atom. The van der Waals surface area contributed by atoms with Crippen molar-refractivity contribution in [2.45, 2.75) is 33.4 Å². The van der Waals surface area contributed by atoms with E-state index in [1.165, 1.54) is 12.1 Å². The number of nitrogens with zero attached hydrogens (tertiary/aromatic N) is 2. The SMILES string of the molecule is Cc1cnc(CNc2cc(OC(C)C)cc([N+](=O)[O-])c2)o1. The second-order valence-corrected chi connectivity index (χ2v) is 4.86. The summed E-state index contributed by atoms with van der Waals surface area (Å²) in [4.78, 5) is 14.6. The lowest BCUT2D eigenvalue weighted by atomic mass is 10.2. The second kappa shape index (κ2) is 6.25. The number of hydrogen-bond donors (Lipinski definition) is 1. The van der Waals surface area contributed by atoms with Crippen molar-refractivity contribution in [3.63, 3.8) is 0 Å². The van der Waals surface area contributed by atoms with Gasteiger partial charge in [0, 0.05) is 17.8 Å². The van der Waals surface area contributed by atoms with Gasteiger partial charge in [0.05, 0.1) is 29.8 Å². The summed E-state index contributed by atoms with van der Waals surface area (Å²) >= 11 is 0. The lowest BCUT2D eigenvalue weighted by Crippen LogP contribution is -2.07. The van der Waals surface area contributed by atoms with Gasteiger partial charge in [0.1, 0.15) is 11.5 Å². The Bertz CT molecular complexity index is 637. The predicted octanol–water partition coefficient (Wildman–Crippen LogP) is 3.29. The molecule has 0 saturated carbocycles. The summed E-state index contributed by atoms with van der Waals surface area (Å²) in [5.41, 5.74) is 0.551. The highest BCUT2D eigenvalue weighted by Crippen LogP contribution is 2.27. The van der Waals surface area contributed by atoms with E-state index >= 15 is 0 Å². The number of aromatic nitrogens is 1. The first-order chi connectivity index (χ1) is 9.94. The molecule has 1 aromatic carbocycles. The van der Waals surface area contributed by atoms with Crippen LogP contribution in [0.3, 0.4) is 0 Å². The number of nitro benzene ring substituents is 1. The van der Waals surface area contributed by atoms with Crippen LogP contribution in [-0.4, -0.2) is 16.0 Å². The Morgan fingerprint density at radius 2 is 2.19 bits per heavy atom. The summed E-state index contributed by atoms with van der Waals surface area (Å²) < 4.78 is 10.9. The number of benzene rings is 1. The zero-order valence-electron chi connectivity index (χ0n) is 12.1. The summed E-state index contributed by atoms with van der Waals surface area (Å²) in [6, 6.07) is 4.56. The molecule has 0 aliphatic heterocycles. The summed E-state index contributed by atoms with van der Waals surface area (Å²) in [7, 11) is 0. The highest BCUT2D eigenvalue weighted by Gasteiger charge is 2.12. The molecule has 1 aromatic heterocycles. The highest BCUT2D eigenvalue weighted by molar-refractivity contribution is 5.56. The molecule has 7 heteroatoms. The van der Waals surface area contributed by atoms with Gasteiger partial charge in [-0.25, -0.2) is 4.98 Å². The van der Waals surface area contributed by atoms with Gasteiger partial charge in [-0.3, -0.25) is 10.1 Å². The van der Waals surface area contributed by atoms with Crippen LogP contribution in [-0.2, 0) is 6.54 Å². The number of aryl methyl sites for hydroxylation is 1. The highest BCUT2D eigenvalue weighted by atomic mass is 16.6. The van der Waals surface area contributed by atoms with E-state index in [0.29, 0.717) is 23.9 Å². The summed E-state index contributed by atoms with van der Waals surface area (Å²) in [6.45, 7) is 5.87. The zero-order valence-corrected chi connectivity index (χ0v) is 12.1. The van der Waals surface area contributed by atoms with Gasteiger partial charge in [0.25, 0.3) is 5.69 Å². The third-order valence-electron chi connectivity index (χ3n) is 2.59. The number of ether oxygens (including phenoxy) is 1. The summed E-state index contributed by atoms with van der Waals surface area (Å²) in [6.07, 6.45) is 1.56. The van der Waals surface area contributed by atoms with Crippen molar-refractivity contribution in [3.8, 4) is 5.75 Å². The van der Waals surface area contributed by atoms with E-state index in [-0.39, 0.29) is 11.8 Å². The van der Waals surface area contributed by atoms with Crippen LogP contribution in [0.5, 0.6) is 5.75 Å². The third-order valence-corrected chi connectivity index (χ3v) is 2.59. The smallest absolute Gasteiger partial charge is 0.275 e. The quantitative estimate of drug-likeness (QED) is 0.648. The standard InChI is InChI=1S/C14H17N3O4/c1-9(2)20-13-5-11(4-12(6-13)17(18)19)15-8-14-16-7-10(3)21-14/h4-7,9,15H,8H2,1-3H3. The minimum atomic E-state index is -0.451. The molecule has 0 aliphatic carbocycles. The van der Waals surface area contributed by atoms with Gasteiger partial charge in [0.15, 0.2) is 0 Å². The molecule has 0 saturated heterocycles. The third kappa shape index (κ3) is 4.20. The number of rotatable bonds is 6. The van der Waals surface area contributed by atoms with Crippen molar-refractivity contribution >= 4 is 11.4 Å². The molecule has 0 atom stereocenters.